The van der Waals surface area contributed by atoms with Gasteiger partial charge in [0.25, 0.3) is 17.7 Å². The number of benzene rings is 3. The molecule has 1 aromatic heterocycles. The summed E-state index contributed by atoms with van der Waals surface area (Å²) >= 11 is 0. The summed E-state index contributed by atoms with van der Waals surface area (Å²) in [6, 6.07) is 24.5. The van der Waals surface area contributed by atoms with E-state index in [1.54, 1.807) is 24.1 Å². The maximum Gasteiger partial charge on any atom is 0.272 e. The van der Waals surface area contributed by atoms with Crippen molar-refractivity contribution in [3.05, 3.63) is 101 Å². The molecule has 0 atom stereocenters. The molecule has 0 N–H and O–H groups in total. The van der Waals surface area contributed by atoms with Gasteiger partial charge in [-0.25, -0.2) is 4.98 Å². The standard InChI is InChI=1S/C31H28N4O4/c1-39-23-8-4-6-21(20-23)14-15-35-29(36)24-9-5-11-27(28(24)31(35)38)33-16-18-34(19-17-33)30(37)26-13-12-22-7-2-3-10-25(22)32-26/h2-13,20H,14-19H2,1H3. The average molecular weight is 521 g/mol. The number of amides is 3. The molecule has 3 aromatic carbocycles. The average Bonchev–Trinajstić information content (AvgIpc) is 3.24. The summed E-state index contributed by atoms with van der Waals surface area (Å²) < 4.78 is 5.29. The Balaban J connectivity index is 1.15. The van der Waals surface area contributed by atoms with Crippen LogP contribution in [0.25, 0.3) is 10.9 Å². The number of nitrogens with zero attached hydrogens (tertiary/aromatic N) is 4. The third kappa shape index (κ3) is 4.58. The molecule has 0 saturated carbocycles. The van der Waals surface area contributed by atoms with Gasteiger partial charge in [0.05, 0.1) is 29.4 Å². The number of hydrogen-bond donors (Lipinski definition) is 0. The van der Waals surface area contributed by atoms with Crippen molar-refractivity contribution in [1.82, 2.24) is 14.8 Å². The van der Waals surface area contributed by atoms with Crippen LogP contribution >= 0.6 is 0 Å². The minimum atomic E-state index is -0.271. The molecule has 196 valence electrons. The number of hydrogen-bond acceptors (Lipinski definition) is 6. The van der Waals surface area contributed by atoms with Crippen molar-refractivity contribution in [3.8, 4) is 5.75 Å². The second kappa shape index (κ2) is 10.2. The number of piperazine rings is 1. The molecule has 0 aliphatic carbocycles. The van der Waals surface area contributed by atoms with Crippen LogP contribution in [0.15, 0.2) is 78.9 Å². The van der Waals surface area contributed by atoms with Crippen LogP contribution in [-0.2, 0) is 6.42 Å². The summed E-state index contributed by atoms with van der Waals surface area (Å²) in [5.41, 5.74) is 3.83. The van der Waals surface area contributed by atoms with E-state index in [1.165, 1.54) is 4.90 Å². The zero-order valence-corrected chi connectivity index (χ0v) is 21.7. The number of rotatable bonds is 6. The smallest absolute Gasteiger partial charge is 0.272 e. The summed E-state index contributed by atoms with van der Waals surface area (Å²) in [6.45, 7) is 2.40. The monoisotopic (exact) mass is 520 g/mol. The van der Waals surface area contributed by atoms with E-state index in [9.17, 15) is 14.4 Å². The quantitative estimate of drug-likeness (QED) is 0.357. The van der Waals surface area contributed by atoms with Crippen LogP contribution in [0.1, 0.15) is 36.8 Å². The maximum atomic E-state index is 13.5. The summed E-state index contributed by atoms with van der Waals surface area (Å²) in [5, 5.41) is 0.994. The van der Waals surface area contributed by atoms with E-state index in [0.717, 1.165) is 27.9 Å². The van der Waals surface area contributed by atoms with Crippen molar-refractivity contribution in [1.29, 1.82) is 0 Å². The molecule has 3 heterocycles. The highest BCUT2D eigenvalue weighted by atomic mass is 16.5. The molecule has 2 aliphatic rings. The van der Waals surface area contributed by atoms with Gasteiger partial charge in [0.2, 0.25) is 0 Å². The van der Waals surface area contributed by atoms with E-state index in [1.807, 2.05) is 66.7 Å². The lowest BCUT2D eigenvalue weighted by Crippen LogP contribution is -2.49. The lowest BCUT2D eigenvalue weighted by molar-refractivity contribution is 0.0654. The number of anilines is 1. The number of pyridine rings is 1. The molecule has 39 heavy (non-hydrogen) atoms. The van der Waals surface area contributed by atoms with Crippen molar-refractivity contribution in [2.45, 2.75) is 6.42 Å². The number of aromatic nitrogens is 1. The zero-order valence-electron chi connectivity index (χ0n) is 21.7. The Kier molecular flexibility index (Phi) is 6.44. The summed E-state index contributed by atoms with van der Waals surface area (Å²) in [6.07, 6.45) is 0.543. The fraction of sp³-hybridized carbons (Fsp3) is 0.226. The predicted molar refractivity (Wildman–Crippen MR) is 148 cm³/mol. The number of fused-ring (bicyclic) bond motifs is 2. The number of carbonyl (C=O) groups is 3. The molecule has 8 heteroatoms. The van der Waals surface area contributed by atoms with Crippen molar-refractivity contribution < 1.29 is 19.1 Å². The normalized spacial score (nSPS) is 15.2. The van der Waals surface area contributed by atoms with Crippen molar-refractivity contribution in [2.24, 2.45) is 0 Å². The molecule has 3 amide bonds. The summed E-state index contributed by atoms with van der Waals surface area (Å²) in [7, 11) is 1.61. The third-order valence-electron chi connectivity index (χ3n) is 7.46. The van der Waals surface area contributed by atoms with Crippen LogP contribution in [0.4, 0.5) is 5.69 Å². The van der Waals surface area contributed by atoms with Crippen LogP contribution < -0.4 is 9.64 Å². The van der Waals surface area contributed by atoms with Gasteiger partial charge < -0.3 is 14.5 Å². The first-order chi connectivity index (χ1) is 19.0. The van der Waals surface area contributed by atoms with Crippen LogP contribution in [0, 0.1) is 0 Å². The van der Waals surface area contributed by atoms with Crippen LogP contribution in [0.3, 0.4) is 0 Å². The highest BCUT2D eigenvalue weighted by molar-refractivity contribution is 6.23. The molecule has 4 aromatic rings. The van der Waals surface area contributed by atoms with Gasteiger partial charge in [0, 0.05) is 38.1 Å². The number of methoxy groups -OCH3 is 1. The van der Waals surface area contributed by atoms with E-state index in [4.69, 9.17) is 4.74 Å². The molecular weight excluding hydrogens is 492 g/mol. The van der Waals surface area contributed by atoms with E-state index in [0.29, 0.717) is 56.0 Å². The minimum absolute atomic E-state index is 0.103. The molecular formula is C31H28N4O4. The molecule has 1 fully saturated rings. The molecule has 1 saturated heterocycles. The summed E-state index contributed by atoms with van der Waals surface area (Å²) in [4.78, 5) is 49.6. The molecule has 2 aliphatic heterocycles. The second-order valence-electron chi connectivity index (χ2n) is 9.73. The first-order valence-electron chi connectivity index (χ1n) is 13.1. The van der Waals surface area contributed by atoms with Crippen LogP contribution in [0.2, 0.25) is 0 Å². The van der Waals surface area contributed by atoms with E-state index >= 15 is 0 Å². The van der Waals surface area contributed by atoms with E-state index in [2.05, 4.69) is 9.88 Å². The Bertz CT molecular complexity index is 1590. The molecule has 0 spiro atoms. The fourth-order valence-electron chi connectivity index (χ4n) is 5.35. The van der Waals surface area contributed by atoms with E-state index < -0.39 is 0 Å². The SMILES string of the molecule is COc1cccc(CCN2C(=O)c3cccc(N4CCN(C(=O)c5ccc6ccccc6n5)CC4)c3C2=O)c1. The van der Waals surface area contributed by atoms with Gasteiger partial charge in [0.15, 0.2) is 0 Å². The van der Waals surface area contributed by atoms with Gasteiger partial charge in [-0.2, -0.15) is 0 Å². The molecule has 0 radical (unpaired) electrons. The fourth-order valence-corrected chi connectivity index (χ4v) is 5.35. The Morgan fingerprint density at radius 1 is 0.872 bits per heavy atom. The number of carbonyl (C=O) groups excluding carboxylic acids is 3. The van der Waals surface area contributed by atoms with Gasteiger partial charge >= 0.3 is 0 Å². The van der Waals surface area contributed by atoms with Gasteiger partial charge in [-0.1, -0.05) is 42.5 Å². The van der Waals surface area contributed by atoms with Crippen molar-refractivity contribution >= 4 is 34.3 Å². The Hall–Kier alpha value is -4.72. The molecule has 6 rings (SSSR count). The van der Waals surface area contributed by atoms with Gasteiger partial charge in [-0.05, 0) is 48.4 Å². The number of ether oxygens (including phenoxy) is 1. The van der Waals surface area contributed by atoms with Crippen LogP contribution in [0.5, 0.6) is 5.75 Å². The van der Waals surface area contributed by atoms with Gasteiger partial charge in [0.1, 0.15) is 11.4 Å². The topological polar surface area (TPSA) is 83.1 Å². The second-order valence-corrected chi connectivity index (χ2v) is 9.73. The third-order valence-corrected chi connectivity index (χ3v) is 7.46. The summed E-state index contributed by atoms with van der Waals surface area (Å²) in [5.74, 6) is 0.100. The first-order valence-corrected chi connectivity index (χ1v) is 13.1. The Labute approximate surface area is 226 Å². The predicted octanol–water partition coefficient (Wildman–Crippen LogP) is 4.04. The van der Waals surface area contributed by atoms with Crippen LogP contribution in [-0.4, -0.2) is 72.3 Å². The van der Waals surface area contributed by atoms with Gasteiger partial charge in [-0.3, -0.25) is 19.3 Å². The van der Waals surface area contributed by atoms with Crippen molar-refractivity contribution in [2.75, 3.05) is 44.7 Å². The molecule has 0 unspecified atom stereocenters. The Morgan fingerprint density at radius 2 is 1.67 bits per heavy atom. The minimum Gasteiger partial charge on any atom is -0.497 e. The van der Waals surface area contributed by atoms with Crippen molar-refractivity contribution in [3.63, 3.8) is 0 Å². The maximum absolute atomic E-state index is 13.5. The molecule has 8 nitrogen and oxygen atoms in total. The zero-order chi connectivity index (χ0) is 26.9. The van der Waals surface area contributed by atoms with E-state index in [-0.39, 0.29) is 17.7 Å². The highest BCUT2D eigenvalue weighted by Crippen LogP contribution is 2.32. The Morgan fingerprint density at radius 3 is 2.49 bits per heavy atom. The molecule has 0 bridgehead atoms. The lowest BCUT2D eigenvalue weighted by Gasteiger charge is -2.36. The lowest BCUT2D eigenvalue weighted by atomic mass is 10.1. The number of imide groups is 1. The van der Waals surface area contributed by atoms with Gasteiger partial charge in [-0.15, -0.1) is 0 Å². The highest BCUT2D eigenvalue weighted by Gasteiger charge is 2.38. The largest absolute Gasteiger partial charge is 0.497 e. The number of para-hydroxylation sites is 1. The first kappa shape index (κ1) is 24.6.